The van der Waals surface area contributed by atoms with Crippen LogP contribution in [0.25, 0.3) is 0 Å². The van der Waals surface area contributed by atoms with Crippen LogP contribution in [-0.2, 0) is 4.79 Å². The molecular weight excluding hydrogens is 394 g/mol. The number of hydrogen-bond acceptors (Lipinski definition) is 1. The summed E-state index contributed by atoms with van der Waals surface area (Å²) in [7, 11) is 0. The first-order valence-electron chi connectivity index (χ1n) is 4.10. The Balaban J connectivity index is 2.98. The van der Waals surface area contributed by atoms with Crippen LogP contribution >= 0.6 is 66.7 Å². The predicted octanol–water partition coefficient (Wildman–Crippen LogP) is 3.99. The summed E-state index contributed by atoms with van der Waals surface area (Å²) < 4.78 is -1.05. The Morgan fingerprint density at radius 1 is 1.53 bits per heavy atom. The van der Waals surface area contributed by atoms with Gasteiger partial charge in [-0.05, 0) is 0 Å². The lowest BCUT2D eigenvalue weighted by Gasteiger charge is -2.20. The van der Waals surface area contributed by atoms with Gasteiger partial charge in [-0.15, -0.1) is 23.2 Å². The molecule has 0 saturated heterocycles. The van der Waals surface area contributed by atoms with E-state index in [-0.39, 0.29) is 0 Å². The molecule has 1 N–H and O–H groups in total. The smallest absolute Gasteiger partial charge is 0.325 e. The number of carbonyl (C=O) groups is 1. The second-order valence-corrected chi connectivity index (χ2v) is 10.3. The van der Waals surface area contributed by atoms with E-state index >= 15 is 0 Å². The highest BCUT2D eigenvalue weighted by atomic mass is 79.9. The van der Waals surface area contributed by atoms with Gasteiger partial charge in [-0.1, -0.05) is 57.3 Å². The Bertz CT molecular complexity index is 303. The minimum Gasteiger partial charge on any atom is -0.480 e. The maximum Gasteiger partial charge on any atom is 0.325 e. The molecule has 3 atom stereocenters. The van der Waals surface area contributed by atoms with Crippen LogP contribution in [-0.4, -0.2) is 24.0 Å². The fourth-order valence-electron chi connectivity index (χ4n) is 1.91. The van der Waals surface area contributed by atoms with Crippen molar-refractivity contribution < 1.29 is 9.90 Å². The summed E-state index contributed by atoms with van der Waals surface area (Å²) in [5.41, 5.74) is -0.589. The molecule has 1 fully saturated rings. The van der Waals surface area contributed by atoms with Crippen molar-refractivity contribution in [1.82, 2.24) is 0 Å². The lowest BCUT2D eigenvalue weighted by Crippen LogP contribution is -2.28. The first-order valence-corrected chi connectivity index (χ1v) is 6.88. The average molecular weight is 403 g/mol. The van der Waals surface area contributed by atoms with Gasteiger partial charge in [-0.25, -0.2) is 0 Å². The van der Waals surface area contributed by atoms with Gasteiger partial charge >= 0.3 is 5.97 Å². The highest BCUT2D eigenvalue weighted by Crippen LogP contribution is 2.70. The highest BCUT2D eigenvalue weighted by Gasteiger charge is 2.79. The summed E-state index contributed by atoms with van der Waals surface area (Å²) in [5, 5.41) is 8.43. The summed E-state index contributed by atoms with van der Waals surface area (Å²) in [4.78, 5) is 9.73. The summed E-state index contributed by atoms with van der Waals surface area (Å²) in [5.74, 6) is -1.48. The Hall–Kier alpha value is 1.30. The van der Waals surface area contributed by atoms with Crippen molar-refractivity contribution in [3.8, 4) is 0 Å². The van der Waals surface area contributed by atoms with Crippen LogP contribution in [0.4, 0.5) is 0 Å². The van der Waals surface area contributed by atoms with E-state index in [1.54, 1.807) is 13.8 Å². The van der Waals surface area contributed by atoms with Gasteiger partial charge in [0.1, 0.15) is 0 Å². The molecule has 1 rings (SSSR count). The fourth-order valence-corrected chi connectivity index (χ4v) is 3.60. The SMILES string of the molecule is CC1(C)C(C(Cl)C(Cl)(Br)Br)C1(Cl)C(=O)O. The monoisotopic (exact) mass is 400 g/mol. The summed E-state index contributed by atoms with van der Waals surface area (Å²) in [6, 6.07) is 0. The number of carboxylic acids is 1. The second-order valence-electron chi connectivity index (χ2n) is 4.16. The average Bonchev–Trinajstić information content (AvgIpc) is 2.45. The molecule has 3 unspecified atom stereocenters. The van der Waals surface area contributed by atoms with Gasteiger partial charge in [0, 0.05) is 11.3 Å². The predicted molar refractivity (Wildman–Crippen MR) is 69.6 cm³/mol. The van der Waals surface area contributed by atoms with Crippen LogP contribution in [0.5, 0.6) is 0 Å². The van der Waals surface area contributed by atoms with Crippen LogP contribution in [0, 0.1) is 11.3 Å². The van der Waals surface area contributed by atoms with Crippen LogP contribution < -0.4 is 0 Å². The van der Waals surface area contributed by atoms with Crippen LogP contribution in [0.3, 0.4) is 0 Å². The van der Waals surface area contributed by atoms with E-state index in [0.29, 0.717) is 0 Å². The molecule has 2 nitrogen and oxygen atoms in total. The van der Waals surface area contributed by atoms with Crippen LogP contribution in [0.1, 0.15) is 13.8 Å². The van der Waals surface area contributed by atoms with Crippen LogP contribution in [0.2, 0.25) is 0 Å². The van der Waals surface area contributed by atoms with Crippen molar-refractivity contribution in [3.05, 3.63) is 0 Å². The number of hydrogen-bond donors (Lipinski definition) is 1. The Morgan fingerprint density at radius 2 is 1.93 bits per heavy atom. The zero-order chi connectivity index (χ0) is 12.2. The molecule has 1 aliphatic carbocycles. The fraction of sp³-hybridized carbons (Fsp3) is 0.875. The Morgan fingerprint density at radius 3 is 2.13 bits per heavy atom. The molecule has 0 spiro atoms. The maximum atomic E-state index is 11.1. The molecule has 88 valence electrons. The largest absolute Gasteiger partial charge is 0.480 e. The Labute approximate surface area is 120 Å². The minimum absolute atomic E-state index is 0.415. The quantitative estimate of drug-likeness (QED) is 0.724. The molecule has 0 aromatic heterocycles. The van der Waals surface area contributed by atoms with Gasteiger partial charge in [0.05, 0.1) is 5.38 Å². The minimum atomic E-state index is -1.35. The van der Waals surface area contributed by atoms with Crippen molar-refractivity contribution in [2.24, 2.45) is 11.3 Å². The first-order chi connectivity index (χ1) is 6.47. The van der Waals surface area contributed by atoms with Gasteiger partial charge in [0.2, 0.25) is 0 Å². The van der Waals surface area contributed by atoms with Gasteiger partial charge in [0.25, 0.3) is 0 Å². The van der Waals surface area contributed by atoms with E-state index in [9.17, 15) is 4.79 Å². The molecule has 0 aromatic rings. The maximum absolute atomic E-state index is 11.1. The molecule has 0 bridgehead atoms. The van der Waals surface area contributed by atoms with E-state index in [4.69, 9.17) is 39.9 Å². The number of alkyl halides is 5. The van der Waals surface area contributed by atoms with E-state index in [0.717, 1.165) is 0 Å². The normalized spacial score (nSPS) is 36.1. The Kier molecular flexibility index (Phi) is 3.74. The van der Waals surface area contributed by atoms with Crippen molar-refractivity contribution >= 4 is 72.6 Å². The van der Waals surface area contributed by atoms with Crippen molar-refractivity contribution in [2.75, 3.05) is 0 Å². The molecule has 15 heavy (non-hydrogen) atoms. The third kappa shape index (κ3) is 2.05. The first kappa shape index (κ1) is 14.4. The second kappa shape index (κ2) is 3.91. The van der Waals surface area contributed by atoms with Crippen molar-refractivity contribution in [1.29, 1.82) is 0 Å². The zero-order valence-electron chi connectivity index (χ0n) is 7.90. The third-order valence-electron chi connectivity index (χ3n) is 2.98. The summed E-state index contributed by atoms with van der Waals surface area (Å²) >= 11 is 24.3. The summed E-state index contributed by atoms with van der Waals surface area (Å²) in [6.07, 6.45) is 0. The third-order valence-corrected chi connectivity index (χ3v) is 6.30. The van der Waals surface area contributed by atoms with E-state index in [1.807, 2.05) is 0 Å². The van der Waals surface area contributed by atoms with E-state index < -0.39 is 30.2 Å². The molecule has 0 amide bonds. The molecule has 0 radical (unpaired) electrons. The number of carboxylic acid groups (broad SMARTS) is 1. The highest BCUT2D eigenvalue weighted by molar-refractivity contribution is 9.26. The number of rotatable bonds is 3. The van der Waals surface area contributed by atoms with Gasteiger partial charge in [-0.3, -0.25) is 4.79 Å². The van der Waals surface area contributed by atoms with Gasteiger partial charge < -0.3 is 5.11 Å². The number of halogens is 5. The molecule has 0 heterocycles. The molecule has 1 aliphatic rings. The van der Waals surface area contributed by atoms with Gasteiger partial charge in [-0.2, -0.15) is 0 Å². The lowest BCUT2D eigenvalue weighted by molar-refractivity contribution is -0.138. The number of aliphatic carboxylic acids is 1. The molecule has 0 aromatic carbocycles. The molecule has 7 heteroatoms. The molecular formula is C8H9Br2Cl3O2. The molecule has 1 saturated carbocycles. The van der Waals surface area contributed by atoms with E-state index in [2.05, 4.69) is 31.9 Å². The molecule has 0 aliphatic heterocycles. The van der Waals surface area contributed by atoms with Gasteiger partial charge in [0.15, 0.2) is 7.57 Å². The van der Waals surface area contributed by atoms with Crippen LogP contribution in [0.15, 0.2) is 0 Å². The van der Waals surface area contributed by atoms with E-state index in [1.165, 1.54) is 0 Å². The lowest BCUT2D eigenvalue weighted by atomic mass is 10.1. The zero-order valence-corrected chi connectivity index (χ0v) is 13.3. The van der Waals surface area contributed by atoms with Crippen molar-refractivity contribution in [3.63, 3.8) is 0 Å². The topological polar surface area (TPSA) is 37.3 Å². The van der Waals surface area contributed by atoms with Crippen molar-refractivity contribution in [2.45, 2.75) is 26.8 Å². The summed E-state index contributed by atoms with van der Waals surface area (Å²) in [6.45, 7) is 3.52. The standard InChI is InChI=1S/C8H9Br2Cl3O2/c1-6(2)3(4(11)8(9,10)13)7(6,12)5(14)15/h3-4H,1-2H3,(H,14,15).